The summed E-state index contributed by atoms with van der Waals surface area (Å²) in [5.41, 5.74) is 0. The maximum atomic E-state index is 8.52. The van der Waals surface area contributed by atoms with Crippen LogP contribution in [0.3, 0.4) is 0 Å². The van der Waals surface area contributed by atoms with Crippen molar-refractivity contribution in [2.24, 2.45) is 0 Å². The third kappa shape index (κ3) is 66.0. The van der Waals surface area contributed by atoms with Crippen molar-refractivity contribution in [2.75, 3.05) is 0 Å². The molecule has 3 nitrogen and oxygen atoms in total. The van der Waals surface area contributed by atoms with Gasteiger partial charge in [-0.2, -0.15) is 0 Å². The SMILES string of the molecule is O=[Si]([O-])[O-].[Al].[Al].[H-].[H-].[K+].[K+].[Na+].[Na+]. The molecule has 0 saturated heterocycles. The van der Waals surface area contributed by atoms with Gasteiger partial charge in [-0.05, 0) is 0 Å². The Labute approximate surface area is 216 Å². The average Bonchev–Trinajstić information content (AvgIpc) is 0.811. The molecule has 0 heterocycles. The van der Waals surface area contributed by atoms with E-state index in [1.165, 1.54) is 0 Å². The molecule has 0 bridgehead atoms. The van der Waals surface area contributed by atoms with Crippen molar-refractivity contribution in [3.63, 3.8) is 0 Å². The van der Waals surface area contributed by atoms with Gasteiger partial charge in [-0.1, -0.05) is 0 Å². The van der Waals surface area contributed by atoms with E-state index in [0.29, 0.717) is 0 Å². The predicted octanol–water partition coefficient (Wildman–Crippen LogP) is -15.4. The summed E-state index contributed by atoms with van der Waals surface area (Å²) >= 11 is 0. The molecule has 0 aromatic rings. The molecular weight excluding hydrogens is 254 g/mol. The van der Waals surface area contributed by atoms with Crippen LogP contribution in [-0.4, -0.2) is 43.9 Å². The average molecular weight is 256 g/mol. The van der Waals surface area contributed by atoms with Gasteiger partial charge in [0.05, 0.1) is 0 Å². The van der Waals surface area contributed by atoms with Crippen LogP contribution in [0, 0.1) is 0 Å². The van der Waals surface area contributed by atoms with E-state index in [-0.39, 0.29) is 199 Å². The minimum absolute atomic E-state index is 0. The Morgan fingerprint density at radius 2 is 1.00 bits per heavy atom. The normalized spacial score (nSPS) is 2.40. The summed E-state index contributed by atoms with van der Waals surface area (Å²) in [4.78, 5) is 17.0. The Balaban J connectivity index is -0.00000000161. The molecule has 0 aliphatic carbocycles. The molecule has 10 heteroatoms. The quantitative estimate of drug-likeness (QED) is 0.404. The third-order valence-electron chi connectivity index (χ3n) is 0. The minimum atomic E-state index is -3.63. The number of rotatable bonds is 0. The Bertz CT molecular complexity index is 53.3. The molecule has 10 heavy (non-hydrogen) atoms. The van der Waals surface area contributed by atoms with Gasteiger partial charge in [0.25, 0.3) is 0 Å². The van der Waals surface area contributed by atoms with Crippen molar-refractivity contribution in [3.05, 3.63) is 0 Å². The zero-order valence-corrected chi connectivity index (χ0v) is 20.4. The monoisotopic (exact) mass is 256 g/mol. The predicted molar refractivity (Wildman–Crippen MR) is 20.2 cm³/mol. The first kappa shape index (κ1) is 44.5. The van der Waals surface area contributed by atoms with E-state index < -0.39 is 9.17 Å². The van der Waals surface area contributed by atoms with Crippen molar-refractivity contribution in [1.29, 1.82) is 0 Å². The van der Waals surface area contributed by atoms with Gasteiger partial charge in [-0.15, -0.1) is 0 Å². The molecule has 0 atom stereocenters. The van der Waals surface area contributed by atoms with Gasteiger partial charge in [-0.3, -0.25) is 0 Å². The molecule has 0 aromatic carbocycles. The number of hydrogen-bond donors (Lipinski definition) is 0. The van der Waals surface area contributed by atoms with Gasteiger partial charge in [-0.25, -0.2) is 0 Å². The van der Waals surface area contributed by atoms with E-state index in [4.69, 9.17) is 14.1 Å². The second kappa shape index (κ2) is 36.3. The fourth-order valence-corrected chi connectivity index (χ4v) is 0. The molecule has 0 saturated carbocycles. The largest absolute Gasteiger partial charge is 1.00 e. The van der Waals surface area contributed by atoms with Crippen LogP contribution in [0.1, 0.15) is 2.85 Å². The first-order valence-corrected chi connectivity index (χ1v) is 1.84. The second-order valence-electron chi connectivity index (χ2n) is 0.250. The fraction of sp³-hybridized carbons (Fsp3) is 0. The summed E-state index contributed by atoms with van der Waals surface area (Å²) in [5.74, 6) is 0. The van der Waals surface area contributed by atoms with Crippen LogP contribution < -0.4 is 171 Å². The van der Waals surface area contributed by atoms with Gasteiger partial charge >= 0.3 is 162 Å². The van der Waals surface area contributed by atoms with Crippen molar-refractivity contribution in [3.8, 4) is 0 Å². The van der Waals surface area contributed by atoms with E-state index in [1.54, 1.807) is 0 Å². The standard InChI is InChI=1S/2Al.2K.2Na.O3Si.2H/c;;;;;;1-4(2)3;;/q;;4*+1;-2;2*-1. The van der Waals surface area contributed by atoms with Crippen LogP contribution in [-0.2, 0) is 4.46 Å². The van der Waals surface area contributed by atoms with E-state index in [9.17, 15) is 0 Å². The summed E-state index contributed by atoms with van der Waals surface area (Å²) in [6, 6.07) is 0. The first-order chi connectivity index (χ1) is 1.73. The van der Waals surface area contributed by atoms with Crippen molar-refractivity contribution < 1.29 is 179 Å². The van der Waals surface area contributed by atoms with Crippen molar-refractivity contribution >= 4 is 43.9 Å². The van der Waals surface area contributed by atoms with E-state index in [0.717, 1.165) is 0 Å². The molecule has 0 unspecified atom stereocenters. The molecule has 0 fully saturated rings. The van der Waals surface area contributed by atoms with Crippen molar-refractivity contribution in [1.82, 2.24) is 0 Å². The van der Waals surface area contributed by atoms with Gasteiger partial charge in [0, 0.05) is 43.9 Å². The van der Waals surface area contributed by atoms with Crippen LogP contribution in [0.25, 0.3) is 0 Å². The van der Waals surface area contributed by atoms with E-state index in [1.807, 2.05) is 0 Å². The zero-order valence-electron chi connectivity index (χ0n) is 8.88. The molecule has 34 valence electrons. The summed E-state index contributed by atoms with van der Waals surface area (Å²) < 4.78 is 8.52. The molecule has 0 rings (SSSR count). The first-order valence-electron chi connectivity index (χ1n) is 0.612. The summed E-state index contributed by atoms with van der Waals surface area (Å²) in [6.07, 6.45) is 0. The fourth-order valence-electron chi connectivity index (χ4n) is 0. The minimum Gasteiger partial charge on any atom is -1.00 e. The van der Waals surface area contributed by atoms with E-state index in [2.05, 4.69) is 0 Å². The van der Waals surface area contributed by atoms with Crippen LogP contribution in [0.2, 0.25) is 0 Å². The van der Waals surface area contributed by atoms with Crippen LogP contribution in [0.5, 0.6) is 0 Å². The maximum absolute atomic E-state index is 8.52. The topological polar surface area (TPSA) is 63.2 Å². The molecule has 0 spiro atoms. The van der Waals surface area contributed by atoms with E-state index >= 15 is 0 Å². The Morgan fingerprint density at radius 1 is 1.00 bits per heavy atom. The smallest absolute Gasteiger partial charge is 1.00 e. The molecule has 0 aliphatic rings. The van der Waals surface area contributed by atoms with Crippen LogP contribution in [0.4, 0.5) is 0 Å². The summed E-state index contributed by atoms with van der Waals surface area (Å²) in [5, 5.41) is 0. The van der Waals surface area contributed by atoms with Gasteiger partial charge < -0.3 is 16.9 Å². The molecule has 0 aliphatic heterocycles. The summed E-state index contributed by atoms with van der Waals surface area (Å²) in [6.45, 7) is 0. The maximum Gasteiger partial charge on any atom is 1.00 e. The third-order valence-corrected chi connectivity index (χ3v) is 0. The Hall–Kier alpha value is 5.95. The Kier molecular flexibility index (Phi) is 162. The second-order valence-corrected chi connectivity index (χ2v) is 0.750. The van der Waals surface area contributed by atoms with Gasteiger partial charge in [0.15, 0.2) is 0 Å². The zero-order chi connectivity index (χ0) is 3.58. The molecule has 0 N–H and O–H groups in total. The van der Waals surface area contributed by atoms with Gasteiger partial charge in [0.1, 0.15) is 0 Å². The van der Waals surface area contributed by atoms with Crippen molar-refractivity contribution in [2.45, 2.75) is 0 Å². The number of hydrogen-bond acceptors (Lipinski definition) is 3. The van der Waals surface area contributed by atoms with Crippen LogP contribution >= 0.6 is 0 Å². The molecular formula is H2Al2K2Na2O3Si. The summed E-state index contributed by atoms with van der Waals surface area (Å²) in [7, 11) is -3.63. The molecule has 6 radical (unpaired) electrons. The molecule has 0 amide bonds. The Morgan fingerprint density at radius 3 is 1.00 bits per heavy atom. The van der Waals surface area contributed by atoms with Gasteiger partial charge in [0.2, 0.25) is 0 Å². The van der Waals surface area contributed by atoms with Crippen LogP contribution in [0.15, 0.2) is 0 Å². The molecule has 0 aromatic heterocycles.